The fourth-order valence-corrected chi connectivity index (χ4v) is 2.19. The fraction of sp³-hybridized carbons (Fsp3) is 0.316. The van der Waals surface area contributed by atoms with Crippen molar-refractivity contribution in [2.75, 3.05) is 0 Å². The van der Waals surface area contributed by atoms with Gasteiger partial charge in [-0.1, -0.05) is 35.9 Å². The van der Waals surface area contributed by atoms with Gasteiger partial charge in [-0.15, -0.1) is 0 Å². The van der Waals surface area contributed by atoms with Crippen molar-refractivity contribution in [3.63, 3.8) is 0 Å². The van der Waals surface area contributed by atoms with Gasteiger partial charge in [-0.05, 0) is 45.4 Å². The first-order valence-corrected chi connectivity index (χ1v) is 7.88. The lowest BCUT2D eigenvalue weighted by molar-refractivity contribution is 0.0914. The first-order chi connectivity index (χ1) is 11.2. The zero-order chi connectivity index (χ0) is 17.7. The molecular weight excluding hydrogens is 302 g/mol. The predicted molar refractivity (Wildman–Crippen MR) is 93.8 cm³/mol. The Labute approximate surface area is 142 Å². The van der Waals surface area contributed by atoms with E-state index in [1.807, 2.05) is 52.0 Å². The maximum absolute atomic E-state index is 12.3. The SMILES string of the molecule is Cc1cccc(CNC(=O)c2cccc(C(=O)NC(C)(C)C)n2)c1. The van der Waals surface area contributed by atoms with Crippen LogP contribution >= 0.6 is 0 Å². The number of nitrogens with one attached hydrogen (secondary N) is 2. The Bertz CT molecular complexity index is 748. The van der Waals surface area contributed by atoms with Gasteiger partial charge in [0, 0.05) is 12.1 Å². The molecule has 0 spiro atoms. The van der Waals surface area contributed by atoms with Gasteiger partial charge in [-0.25, -0.2) is 4.98 Å². The van der Waals surface area contributed by atoms with Crippen molar-refractivity contribution in [3.05, 3.63) is 65.0 Å². The summed E-state index contributed by atoms with van der Waals surface area (Å²) in [5.41, 5.74) is 2.25. The van der Waals surface area contributed by atoms with Crippen LogP contribution in [0.2, 0.25) is 0 Å². The number of aryl methyl sites for hydroxylation is 1. The molecule has 0 aliphatic heterocycles. The maximum atomic E-state index is 12.3. The summed E-state index contributed by atoms with van der Waals surface area (Å²) in [5, 5.41) is 5.66. The van der Waals surface area contributed by atoms with Crippen molar-refractivity contribution in [1.82, 2.24) is 15.6 Å². The highest BCUT2D eigenvalue weighted by atomic mass is 16.2. The van der Waals surface area contributed by atoms with Crippen LogP contribution < -0.4 is 10.6 Å². The first kappa shape index (κ1) is 17.7. The van der Waals surface area contributed by atoms with E-state index >= 15 is 0 Å². The lowest BCUT2D eigenvalue weighted by Crippen LogP contribution is -2.41. The molecule has 0 saturated carbocycles. The van der Waals surface area contributed by atoms with Crippen LogP contribution in [0.3, 0.4) is 0 Å². The third kappa shape index (κ3) is 5.19. The van der Waals surface area contributed by atoms with E-state index in [1.54, 1.807) is 18.2 Å². The molecule has 0 aliphatic rings. The van der Waals surface area contributed by atoms with Crippen LogP contribution in [-0.2, 0) is 6.54 Å². The van der Waals surface area contributed by atoms with Gasteiger partial charge in [0.1, 0.15) is 11.4 Å². The Morgan fingerprint density at radius 2 is 1.62 bits per heavy atom. The van der Waals surface area contributed by atoms with Gasteiger partial charge in [0.15, 0.2) is 0 Å². The Kier molecular flexibility index (Phi) is 5.34. The van der Waals surface area contributed by atoms with E-state index in [9.17, 15) is 9.59 Å². The van der Waals surface area contributed by atoms with Gasteiger partial charge in [0.25, 0.3) is 11.8 Å². The van der Waals surface area contributed by atoms with Gasteiger partial charge in [-0.2, -0.15) is 0 Å². The highest BCUT2D eigenvalue weighted by Crippen LogP contribution is 2.06. The van der Waals surface area contributed by atoms with Crippen molar-refractivity contribution in [3.8, 4) is 0 Å². The molecule has 24 heavy (non-hydrogen) atoms. The van der Waals surface area contributed by atoms with E-state index in [2.05, 4.69) is 15.6 Å². The largest absolute Gasteiger partial charge is 0.347 e. The summed E-state index contributed by atoms with van der Waals surface area (Å²) >= 11 is 0. The van der Waals surface area contributed by atoms with E-state index < -0.39 is 0 Å². The van der Waals surface area contributed by atoms with Crippen LogP contribution in [0.1, 0.15) is 52.9 Å². The monoisotopic (exact) mass is 325 g/mol. The molecule has 1 heterocycles. The minimum absolute atomic E-state index is 0.226. The van der Waals surface area contributed by atoms with Crippen LogP contribution in [0.15, 0.2) is 42.5 Å². The molecule has 5 nitrogen and oxygen atoms in total. The number of pyridine rings is 1. The second-order valence-corrected chi connectivity index (χ2v) is 6.78. The number of amides is 2. The van der Waals surface area contributed by atoms with Crippen LogP contribution in [0.5, 0.6) is 0 Å². The molecular formula is C19H23N3O2. The Hall–Kier alpha value is -2.69. The molecule has 0 unspecified atom stereocenters. The summed E-state index contributed by atoms with van der Waals surface area (Å²) in [4.78, 5) is 28.6. The van der Waals surface area contributed by atoms with Crippen LogP contribution in [0.4, 0.5) is 0 Å². The second-order valence-electron chi connectivity index (χ2n) is 6.78. The molecule has 1 aromatic carbocycles. The number of aromatic nitrogens is 1. The van der Waals surface area contributed by atoms with E-state index in [-0.39, 0.29) is 28.7 Å². The summed E-state index contributed by atoms with van der Waals surface area (Å²) in [6.07, 6.45) is 0. The second kappa shape index (κ2) is 7.25. The topological polar surface area (TPSA) is 71.1 Å². The molecule has 2 amide bonds. The van der Waals surface area contributed by atoms with E-state index in [1.165, 1.54) is 0 Å². The number of hydrogen-bond donors (Lipinski definition) is 2. The molecule has 0 aliphatic carbocycles. The average Bonchev–Trinajstić information content (AvgIpc) is 2.51. The number of hydrogen-bond acceptors (Lipinski definition) is 3. The Morgan fingerprint density at radius 1 is 1.00 bits per heavy atom. The summed E-state index contributed by atoms with van der Waals surface area (Å²) in [6.45, 7) is 8.10. The van der Waals surface area contributed by atoms with Crippen molar-refractivity contribution in [2.24, 2.45) is 0 Å². The fourth-order valence-electron chi connectivity index (χ4n) is 2.19. The number of carbonyl (C=O) groups excluding carboxylic acids is 2. The highest BCUT2D eigenvalue weighted by molar-refractivity contribution is 5.96. The smallest absolute Gasteiger partial charge is 0.270 e. The summed E-state index contributed by atoms with van der Waals surface area (Å²) in [6, 6.07) is 12.8. The van der Waals surface area contributed by atoms with Crippen molar-refractivity contribution < 1.29 is 9.59 Å². The number of rotatable bonds is 4. The molecule has 126 valence electrons. The van der Waals surface area contributed by atoms with E-state index in [0.717, 1.165) is 11.1 Å². The van der Waals surface area contributed by atoms with Gasteiger partial charge in [0.05, 0.1) is 0 Å². The molecule has 0 saturated heterocycles. The molecule has 0 bridgehead atoms. The van der Waals surface area contributed by atoms with E-state index in [4.69, 9.17) is 0 Å². The van der Waals surface area contributed by atoms with Crippen molar-refractivity contribution in [1.29, 1.82) is 0 Å². The Morgan fingerprint density at radius 3 is 2.25 bits per heavy atom. The van der Waals surface area contributed by atoms with Crippen LogP contribution in [-0.4, -0.2) is 22.3 Å². The quantitative estimate of drug-likeness (QED) is 0.908. The number of benzene rings is 1. The minimum Gasteiger partial charge on any atom is -0.347 e. The standard InChI is InChI=1S/C19H23N3O2/c1-13-7-5-8-14(11-13)12-20-17(23)15-9-6-10-16(21-15)18(24)22-19(2,3)4/h5-11H,12H2,1-4H3,(H,20,23)(H,22,24). The first-order valence-electron chi connectivity index (χ1n) is 7.88. The zero-order valence-electron chi connectivity index (χ0n) is 14.5. The summed E-state index contributed by atoms with van der Waals surface area (Å²) < 4.78 is 0. The third-order valence-corrected chi connectivity index (χ3v) is 3.24. The van der Waals surface area contributed by atoms with Gasteiger partial charge in [-0.3, -0.25) is 9.59 Å². The van der Waals surface area contributed by atoms with Gasteiger partial charge < -0.3 is 10.6 Å². The highest BCUT2D eigenvalue weighted by Gasteiger charge is 2.17. The lowest BCUT2D eigenvalue weighted by atomic mass is 10.1. The average molecular weight is 325 g/mol. The molecule has 0 fully saturated rings. The van der Waals surface area contributed by atoms with Crippen molar-refractivity contribution >= 4 is 11.8 Å². The Balaban J connectivity index is 2.05. The van der Waals surface area contributed by atoms with Crippen LogP contribution in [0, 0.1) is 6.92 Å². The van der Waals surface area contributed by atoms with Gasteiger partial charge in [0.2, 0.25) is 0 Å². The molecule has 2 aromatic rings. The molecule has 2 N–H and O–H groups in total. The lowest BCUT2D eigenvalue weighted by Gasteiger charge is -2.20. The molecule has 5 heteroatoms. The minimum atomic E-state index is -0.359. The predicted octanol–water partition coefficient (Wildman–Crippen LogP) is 2.85. The number of carbonyl (C=O) groups is 2. The molecule has 1 aromatic heterocycles. The molecule has 0 radical (unpaired) electrons. The molecule has 2 rings (SSSR count). The van der Waals surface area contributed by atoms with Crippen LogP contribution in [0.25, 0.3) is 0 Å². The zero-order valence-corrected chi connectivity index (χ0v) is 14.5. The van der Waals surface area contributed by atoms with E-state index in [0.29, 0.717) is 6.54 Å². The summed E-state index contributed by atoms with van der Waals surface area (Å²) in [5.74, 6) is -0.599. The maximum Gasteiger partial charge on any atom is 0.270 e. The summed E-state index contributed by atoms with van der Waals surface area (Å²) in [7, 11) is 0. The third-order valence-electron chi connectivity index (χ3n) is 3.24. The number of nitrogens with zero attached hydrogens (tertiary/aromatic N) is 1. The normalized spacial score (nSPS) is 11.0. The van der Waals surface area contributed by atoms with Crippen molar-refractivity contribution in [2.45, 2.75) is 39.8 Å². The molecule has 0 atom stereocenters. The van der Waals surface area contributed by atoms with Gasteiger partial charge >= 0.3 is 0 Å².